The molecule has 0 saturated heterocycles. The highest BCUT2D eigenvalue weighted by Crippen LogP contribution is 2.36. The van der Waals surface area contributed by atoms with Crippen LogP contribution < -0.4 is 4.74 Å². The largest absolute Gasteiger partial charge is 0.487 e. The molecule has 0 bridgehead atoms. The number of rotatable bonds is 6. The number of ether oxygens (including phenoxy) is 1. The molecule has 174 valence electrons. The summed E-state index contributed by atoms with van der Waals surface area (Å²) in [6, 6.07) is 8.08. The van der Waals surface area contributed by atoms with E-state index in [9.17, 15) is 18.3 Å². The van der Waals surface area contributed by atoms with E-state index in [0.29, 0.717) is 13.0 Å². The SMILES string of the molecule is CCC(=O)N(C)C[C@@H]1Oc2cc(-c3cccnc3)ccc2S(=O)(=O)N([C@H](C)CO)C[C@@H]1C. The van der Waals surface area contributed by atoms with Gasteiger partial charge in [-0.25, -0.2) is 8.42 Å². The van der Waals surface area contributed by atoms with E-state index < -0.39 is 22.2 Å². The number of carbonyl (C=O) groups is 1. The monoisotopic (exact) mass is 461 g/mol. The normalized spacial score (nSPS) is 21.5. The molecule has 0 unspecified atom stereocenters. The summed E-state index contributed by atoms with van der Waals surface area (Å²) in [4.78, 5) is 18.0. The van der Waals surface area contributed by atoms with Gasteiger partial charge in [-0.3, -0.25) is 9.78 Å². The first kappa shape index (κ1) is 24.2. The first-order valence-electron chi connectivity index (χ1n) is 10.8. The van der Waals surface area contributed by atoms with Crippen LogP contribution in [0.1, 0.15) is 27.2 Å². The van der Waals surface area contributed by atoms with Crippen LogP contribution in [0, 0.1) is 5.92 Å². The molecule has 0 radical (unpaired) electrons. The third-order valence-electron chi connectivity index (χ3n) is 5.84. The second-order valence-corrected chi connectivity index (χ2v) is 10.1. The Morgan fingerprint density at radius 2 is 2.09 bits per heavy atom. The second-order valence-electron chi connectivity index (χ2n) is 8.27. The van der Waals surface area contributed by atoms with Crippen LogP contribution >= 0.6 is 0 Å². The zero-order chi connectivity index (χ0) is 23.5. The van der Waals surface area contributed by atoms with Gasteiger partial charge in [0.2, 0.25) is 15.9 Å². The number of sulfonamides is 1. The van der Waals surface area contributed by atoms with Crippen LogP contribution in [0.15, 0.2) is 47.6 Å². The van der Waals surface area contributed by atoms with Crippen LogP contribution in [0.5, 0.6) is 5.75 Å². The highest BCUT2D eigenvalue weighted by molar-refractivity contribution is 7.89. The maximum Gasteiger partial charge on any atom is 0.247 e. The van der Waals surface area contributed by atoms with E-state index in [-0.39, 0.29) is 35.6 Å². The number of pyridine rings is 1. The van der Waals surface area contributed by atoms with Gasteiger partial charge in [0, 0.05) is 49.9 Å². The molecule has 0 spiro atoms. The minimum Gasteiger partial charge on any atom is -0.487 e. The van der Waals surface area contributed by atoms with Crippen LogP contribution in [-0.2, 0) is 14.8 Å². The van der Waals surface area contributed by atoms with Crippen molar-refractivity contribution in [2.45, 2.75) is 44.2 Å². The Bertz CT molecular complexity index is 1040. The number of nitrogens with zero attached hydrogens (tertiary/aromatic N) is 3. The summed E-state index contributed by atoms with van der Waals surface area (Å²) in [5.74, 6) is -0.00290. The Labute approximate surface area is 189 Å². The van der Waals surface area contributed by atoms with Crippen LogP contribution in [-0.4, -0.2) is 72.5 Å². The number of benzene rings is 1. The minimum atomic E-state index is -3.91. The molecule has 1 amide bonds. The molecular formula is C23H31N3O5S. The number of likely N-dealkylation sites (N-methyl/N-ethyl adjacent to an activating group) is 1. The fraction of sp³-hybridized carbons (Fsp3) is 0.478. The maximum atomic E-state index is 13.5. The van der Waals surface area contributed by atoms with Crippen molar-refractivity contribution in [2.24, 2.45) is 5.92 Å². The van der Waals surface area contributed by atoms with Crippen LogP contribution in [0.4, 0.5) is 0 Å². The fourth-order valence-corrected chi connectivity index (χ4v) is 5.62. The van der Waals surface area contributed by atoms with Gasteiger partial charge in [0.25, 0.3) is 0 Å². The van der Waals surface area contributed by atoms with E-state index in [1.165, 1.54) is 10.4 Å². The summed E-state index contributed by atoms with van der Waals surface area (Å²) in [6.45, 7) is 5.58. The predicted molar refractivity (Wildman–Crippen MR) is 122 cm³/mol. The average molecular weight is 462 g/mol. The van der Waals surface area contributed by atoms with E-state index in [0.717, 1.165) is 11.1 Å². The van der Waals surface area contributed by atoms with Gasteiger partial charge in [-0.2, -0.15) is 4.31 Å². The van der Waals surface area contributed by atoms with E-state index in [2.05, 4.69) is 4.98 Å². The molecule has 0 fully saturated rings. The molecule has 1 aliphatic heterocycles. The third kappa shape index (κ3) is 4.95. The molecule has 0 aliphatic carbocycles. The van der Waals surface area contributed by atoms with Crippen molar-refractivity contribution < 1.29 is 23.1 Å². The Balaban J connectivity index is 2.11. The van der Waals surface area contributed by atoms with Crippen molar-refractivity contribution in [3.63, 3.8) is 0 Å². The number of aliphatic hydroxyl groups excluding tert-OH is 1. The summed E-state index contributed by atoms with van der Waals surface area (Å²) in [6.07, 6.45) is 3.32. The van der Waals surface area contributed by atoms with Gasteiger partial charge in [0.1, 0.15) is 16.7 Å². The van der Waals surface area contributed by atoms with Crippen molar-refractivity contribution in [1.82, 2.24) is 14.2 Å². The van der Waals surface area contributed by atoms with E-state index in [4.69, 9.17) is 4.74 Å². The Hall–Kier alpha value is -2.49. The van der Waals surface area contributed by atoms with E-state index >= 15 is 0 Å². The number of hydrogen-bond donors (Lipinski definition) is 1. The first-order chi connectivity index (χ1) is 15.2. The number of amides is 1. The molecule has 32 heavy (non-hydrogen) atoms. The maximum absolute atomic E-state index is 13.5. The summed E-state index contributed by atoms with van der Waals surface area (Å²) in [7, 11) is -2.19. The number of fused-ring (bicyclic) bond motifs is 1. The number of hydrogen-bond acceptors (Lipinski definition) is 6. The van der Waals surface area contributed by atoms with Gasteiger partial charge in [-0.1, -0.05) is 26.0 Å². The van der Waals surface area contributed by atoms with Gasteiger partial charge in [0.05, 0.1) is 13.2 Å². The van der Waals surface area contributed by atoms with Crippen molar-refractivity contribution in [1.29, 1.82) is 0 Å². The lowest BCUT2D eigenvalue weighted by Gasteiger charge is -2.37. The molecule has 2 aromatic rings. The molecule has 2 heterocycles. The van der Waals surface area contributed by atoms with E-state index in [1.54, 1.807) is 50.3 Å². The smallest absolute Gasteiger partial charge is 0.247 e. The summed E-state index contributed by atoms with van der Waals surface area (Å²) in [5, 5.41) is 9.73. The fourth-order valence-electron chi connectivity index (χ4n) is 3.80. The van der Waals surface area contributed by atoms with Gasteiger partial charge < -0.3 is 14.7 Å². The standard InChI is InChI=1S/C23H31N3O5S/c1-5-23(28)25(4)14-21-16(2)13-26(17(3)15-27)32(29,30)22-9-8-18(11-20(22)31-21)19-7-6-10-24-12-19/h6-12,16-17,21,27H,5,13-15H2,1-4H3/t16-,17+,21-/m0/s1. The molecule has 3 atom stereocenters. The molecular weight excluding hydrogens is 430 g/mol. The van der Waals surface area contributed by atoms with Crippen LogP contribution in [0.25, 0.3) is 11.1 Å². The van der Waals surface area contributed by atoms with Gasteiger partial charge in [0.15, 0.2) is 0 Å². The zero-order valence-electron chi connectivity index (χ0n) is 18.9. The highest BCUT2D eigenvalue weighted by atomic mass is 32.2. The summed E-state index contributed by atoms with van der Waals surface area (Å²) < 4.78 is 34.6. The highest BCUT2D eigenvalue weighted by Gasteiger charge is 2.38. The quantitative estimate of drug-likeness (QED) is 0.709. The molecule has 8 nitrogen and oxygen atoms in total. The summed E-state index contributed by atoms with van der Waals surface area (Å²) >= 11 is 0. The van der Waals surface area contributed by atoms with Crippen molar-refractivity contribution in [3.05, 3.63) is 42.7 Å². The topological polar surface area (TPSA) is 100 Å². The lowest BCUT2D eigenvalue weighted by molar-refractivity contribution is -0.131. The molecule has 3 rings (SSSR count). The third-order valence-corrected chi connectivity index (χ3v) is 7.86. The number of carbonyl (C=O) groups excluding carboxylic acids is 1. The van der Waals surface area contributed by atoms with Gasteiger partial charge >= 0.3 is 0 Å². The van der Waals surface area contributed by atoms with Crippen LogP contribution in [0.2, 0.25) is 0 Å². The number of aliphatic hydroxyl groups is 1. The molecule has 1 aromatic carbocycles. The summed E-state index contributed by atoms with van der Waals surface area (Å²) in [5.41, 5.74) is 1.61. The minimum absolute atomic E-state index is 0.0135. The Kier molecular flexibility index (Phi) is 7.53. The Morgan fingerprint density at radius 3 is 2.72 bits per heavy atom. The lowest BCUT2D eigenvalue weighted by atomic mass is 10.0. The van der Waals surface area contributed by atoms with Crippen molar-refractivity contribution in [3.8, 4) is 16.9 Å². The molecule has 1 aromatic heterocycles. The van der Waals surface area contributed by atoms with Gasteiger partial charge in [-0.15, -0.1) is 0 Å². The van der Waals surface area contributed by atoms with Crippen molar-refractivity contribution in [2.75, 3.05) is 26.7 Å². The van der Waals surface area contributed by atoms with Crippen molar-refractivity contribution >= 4 is 15.9 Å². The molecule has 1 aliphatic rings. The molecule has 0 saturated carbocycles. The average Bonchev–Trinajstić information content (AvgIpc) is 2.80. The van der Waals surface area contributed by atoms with Gasteiger partial charge in [-0.05, 0) is 30.7 Å². The second kappa shape index (κ2) is 9.97. The zero-order valence-corrected chi connectivity index (χ0v) is 19.7. The number of aromatic nitrogens is 1. The van der Waals surface area contributed by atoms with E-state index in [1.807, 2.05) is 19.1 Å². The molecule has 1 N–H and O–H groups in total. The lowest BCUT2D eigenvalue weighted by Crippen LogP contribution is -2.50. The molecule has 9 heteroatoms. The Morgan fingerprint density at radius 1 is 1.34 bits per heavy atom. The first-order valence-corrected chi connectivity index (χ1v) is 12.2. The van der Waals surface area contributed by atoms with Crippen LogP contribution in [0.3, 0.4) is 0 Å². The predicted octanol–water partition coefficient (Wildman–Crippen LogP) is 2.39.